The number of rotatable bonds is 3. The number of aromatic hydroxyl groups is 2. The van der Waals surface area contributed by atoms with Crippen LogP contribution in [0.25, 0.3) is 0 Å². The van der Waals surface area contributed by atoms with E-state index in [2.05, 4.69) is 5.32 Å². The largest absolute Gasteiger partial charge is 0.507 e. The van der Waals surface area contributed by atoms with Crippen LogP contribution in [0, 0.1) is 5.82 Å². The van der Waals surface area contributed by atoms with Gasteiger partial charge in [-0.15, -0.1) is 0 Å². The third-order valence-electron chi connectivity index (χ3n) is 2.69. The number of benzene rings is 2. The lowest BCUT2D eigenvalue weighted by molar-refractivity contribution is 0.0693. The minimum Gasteiger partial charge on any atom is -0.507 e. The molecule has 0 aromatic heterocycles. The quantitative estimate of drug-likeness (QED) is 0.648. The van der Waals surface area contributed by atoms with E-state index in [9.17, 15) is 24.2 Å². The summed E-state index contributed by atoms with van der Waals surface area (Å²) in [6.07, 6.45) is 0. The molecule has 0 fully saturated rings. The zero-order chi connectivity index (χ0) is 15.6. The van der Waals surface area contributed by atoms with Crippen molar-refractivity contribution in [3.8, 4) is 11.5 Å². The van der Waals surface area contributed by atoms with Gasteiger partial charge in [-0.2, -0.15) is 0 Å². The summed E-state index contributed by atoms with van der Waals surface area (Å²) in [7, 11) is 0. The first-order chi connectivity index (χ1) is 9.88. The van der Waals surface area contributed by atoms with Crippen molar-refractivity contribution in [3.63, 3.8) is 0 Å². The van der Waals surface area contributed by atoms with Crippen molar-refractivity contribution in [2.75, 3.05) is 5.32 Å². The second-order valence-corrected chi connectivity index (χ2v) is 4.15. The molecule has 21 heavy (non-hydrogen) atoms. The molecule has 0 heterocycles. The predicted octanol–water partition coefficient (Wildman–Crippen LogP) is 2.19. The molecule has 0 atom stereocenters. The molecular weight excluding hydrogens is 281 g/mol. The molecule has 0 bridgehead atoms. The summed E-state index contributed by atoms with van der Waals surface area (Å²) in [6, 6.07) is 6.30. The van der Waals surface area contributed by atoms with Crippen molar-refractivity contribution in [1.82, 2.24) is 0 Å². The van der Waals surface area contributed by atoms with Gasteiger partial charge in [-0.3, -0.25) is 4.79 Å². The number of aromatic carboxylic acids is 1. The van der Waals surface area contributed by atoms with Gasteiger partial charge in [0.05, 0.1) is 5.56 Å². The van der Waals surface area contributed by atoms with Gasteiger partial charge >= 0.3 is 5.97 Å². The van der Waals surface area contributed by atoms with Gasteiger partial charge in [0.1, 0.15) is 22.9 Å². The van der Waals surface area contributed by atoms with Crippen molar-refractivity contribution < 1.29 is 29.3 Å². The smallest absolute Gasteiger partial charge is 0.339 e. The van der Waals surface area contributed by atoms with Crippen molar-refractivity contribution in [3.05, 3.63) is 53.3 Å². The average Bonchev–Trinajstić information content (AvgIpc) is 2.43. The Bertz CT molecular complexity index is 729. The van der Waals surface area contributed by atoms with E-state index < -0.39 is 34.8 Å². The number of amides is 1. The third kappa shape index (κ3) is 3.08. The van der Waals surface area contributed by atoms with E-state index in [-0.39, 0.29) is 11.3 Å². The van der Waals surface area contributed by atoms with Gasteiger partial charge in [0.15, 0.2) is 0 Å². The van der Waals surface area contributed by atoms with Gasteiger partial charge in [-0.05, 0) is 36.4 Å². The lowest BCUT2D eigenvalue weighted by Crippen LogP contribution is -2.13. The van der Waals surface area contributed by atoms with E-state index in [4.69, 9.17) is 5.11 Å². The molecule has 6 nitrogen and oxygen atoms in total. The summed E-state index contributed by atoms with van der Waals surface area (Å²) >= 11 is 0. The summed E-state index contributed by atoms with van der Waals surface area (Å²) in [6.45, 7) is 0. The number of halogens is 1. The fourth-order valence-electron chi connectivity index (χ4n) is 1.67. The number of phenols is 2. The van der Waals surface area contributed by atoms with Gasteiger partial charge in [-0.1, -0.05) is 0 Å². The Morgan fingerprint density at radius 1 is 0.952 bits per heavy atom. The molecule has 2 aromatic rings. The number of carbonyl (C=O) groups is 2. The number of carboxylic acid groups (broad SMARTS) is 1. The van der Waals surface area contributed by atoms with Crippen LogP contribution in [0.1, 0.15) is 20.7 Å². The maximum Gasteiger partial charge on any atom is 0.339 e. The zero-order valence-electron chi connectivity index (χ0n) is 10.5. The highest BCUT2D eigenvalue weighted by Crippen LogP contribution is 2.23. The standard InChI is InChI=1S/C14H10FNO5/c15-7-1-3-11(17)9(5-7)13(19)16-8-2-4-12(18)10(6-8)14(20)21/h1-6,17-18H,(H,16,19)(H,20,21). The van der Waals surface area contributed by atoms with Crippen LogP contribution in [0.2, 0.25) is 0 Å². The Morgan fingerprint density at radius 3 is 2.24 bits per heavy atom. The van der Waals surface area contributed by atoms with Crippen LogP contribution in [0.15, 0.2) is 36.4 Å². The van der Waals surface area contributed by atoms with Crippen molar-refractivity contribution in [2.24, 2.45) is 0 Å². The van der Waals surface area contributed by atoms with Gasteiger partial charge in [0.25, 0.3) is 5.91 Å². The molecule has 1 amide bonds. The first-order valence-electron chi connectivity index (χ1n) is 5.74. The van der Waals surface area contributed by atoms with Crippen LogP contribution in [-0.2, 0) is 0 Å². The van der Waals surface area contributed by atoms with E-state index in [1.54, 1.807) is 0 Å². The zero-order valence-corrected chi connectivity index (χ0v) is 10.5. The highest BCUT2D eigenvalue weighted by Gasteiger charge is 2.15. The van der Waals surface area contributed by atoms with Crippen LogP contribution in [0.3, 0.4) is 0 Å². The molecule has 0 saturated heterocycles. The fourth-order valence-corrected chi connectivity index (χ4v) is 1.67. The molecule has 0 spiro atoms. The van der Waals surface area contributed by atoms with Crippen molar-refractivity contribution in [1.29, 1.82) is 0 Å². The molecule has 0 aliphatic rings. The number of hydrogen-bond donors (Lipinski definition) is 4. The summed E-state index contributed by atoms with van der Waals surface area (Å²) in [4.78, 5) is 22.8. The molecule has 0 saturated carbocycles. The third-order valence-corrected chi connectivity index (χ3v) is 2.69. The Balaban J connectivity index is 2.29. The summed E-state index contributed by atoms with van der Waals surface area (Å²) in [5.41, 5.74) is -0.602. The summed E-state index contributed by atoms with van der Waals surface area (Å²) < 4.78 is 13.1. The molecule has 4 N–H and O–H groups in total. The molecule has 0 aliphatic heterocycles. The van der Waals surface area contributed by atoms with E-state index in [0.717, 1.165) is 30.3 Å². The number of nitrogens with one attached hydrogen (secondary N) is 1. The predicted molar refractivity (Wildman–Crippen MR) is 71.1 cm³/mol. The van der Waals surface area contributed by atoms with E-state index >= 15 is 0 Å². The molecule has 0 unspecified atom stereocenters. The summed E-state index contributed by atoms with van der Waals surface area (Å²) in [5.74, 6) is -3.73. The van der Waals surface area contributed by atoms with Crippen molar-refractivity contribution >= 4 is 17.6 Å². The van der Waals surface area contributed by atoms with Crippen molar-refractivity contribution in [2.45, 2.75) is 0 Å². The first-order valence-corrected chi connectivity index (χ1v) is 5.74. The Morgan fingerprint density at radius 2 is 1.57 bits per heavy atom. The Hall–Kier alpha value is -3.09. The maximum absolute atomic E-state index is 13.1. The second-order valence-electron chi connectivity index (χ2n) is 4.15. The van der Waals surface area contributed by atoms with E-state index in [1.165, 1.54) is 6.07 Å². The van der Waals surface area contributed by atoms with Crippen LogP contribution >= 0.6 is 0 Å². The van der Waals surface area contributed by atoms with Crippen LogP contribution in [-0.4, -0.2) is 27.2 Å². The minimum atomic E-state index is -1.36. The summed E-state index contributed by atoms with van der Waals surface area (Å²) in [5, 5.41) is 30.0. The first kappa shape index (κ1) is 14.3. The monoisotopic (exact) mass is 291 g/mol. The topological polar surface area (TPSA) is 107 Å². The van der Waals surface area contributed by atoms with Crippen LogP contribution in [0.4, 0.5) is 10.1 Å². The molecule has 7 heteroatoms. The average molecular weight is 291 g/mol. The van der Waals surface area contributed by atoms with Gasteiger partial charge in [0.2, 0.25) is 0 Å². The molecule has 2 rings (SSSR count). The molecule has 2 aromatic carbocycles. The van der Waals surface area contributed by atoms with E-state index in [1.807, 2.05) is 0 Å². The number of carbonyl (C=O) groups excluding carboxylic acids is 1. The molecule has 108 valence electrons. The highest BCUT2D eigenvalue weighted by molar-refractivity contribution is 6.06. The minimum absolute atomic E-state index is 0.0823. The number of anilines is 1. The SMILES string of the molecule is O=C(O)c1cc(NC(=O)c2cc(F)ccc2O)ccc1O. The highest BCUT2D eigenvalue weighted by atomic mass is 19.1. The molecular formula is C14H10FNO5. The number of hydrogen-bond acceptors (Lipinski definition) is 4. The number of phenolic OH excluding ortho intramolecular Hbond substituents is 1. The van der Waals surface area contributed by atoms with Crippen LogP contribution < -0.4 is 5.32 Å². The lowest BCUT2D eigenvalue weighted by atomic mass is 10.1. The van der Waals surface area contributed by atoms with Gasteiger partial charge in [-0.25, -0.2) is 9.18 Å². The van der Waals surface area contributed by atoms with E-state index in [0.29, 0.717) is 0 Å². The fraction of sp³-hybridized carbons (Fsp3) is 0. The van der Waals surface area contributed by atoms with Crippen LogP contribution in [0.5, 0.6) is 11.5 Å². The maximum atomic E-state index is 13.1. The van der Waals surface area contributed by atoms with Gasteiger partial charge in [0, 0.05) is 5.69 Å². The normalized spacial score (nSPS) is 10.1. The molecule has 0 aliphatic carbocycles. The molecule has 0 radical (unpaired) electrons. The lowest BCUT2D eigenvalue weighted by Gasteiger charge is -2.08. The Kier molecular flexibility index (Phi) is 3.75. The number of carboxylic acids is 1. The Labute approximate surface area is 118 Å². The second kappa shape index (κ2) is 5.49. The van der Waals surface area contributed by atoms with Gasteiger partial charge < -0.3 is 20.6 Å².